The molecule has 0 saturated heterocycles. The number of hydrogen-bond donors (Lipinski definition) is 2. The van der Waals surface area contributed by atoms with Crippen LogP contribution >= 0.6 is 0 Å². The summed E-state index contributed by atoms with van der Waals surface area (Å²) in [6.07, 6.45) is 3.71. The quantitative estimate of drug-likeness (QED) is 0.727. The van der Waals surface area contributed by atoms with Crippen molar-refractivity contribution in [3.8, 4) is 0 Å². The zero-order valence-electron chi connectivity index (χ0n) is 9.59. The Morgan fingerprint density at radius 1 is 1.40 bits per heavy atom. The molecule has 3 N–H and O–H groups in total. The van der Waals surface area contributed by atoms with Gasteiger partial charge in [0.25, 0.3) is 0 Å². The van der Waals surface area contributed by atoms with Crippen molar-refractivity contribution >= 4 is 5.69 Å². The second-order valence-electron chi connectivity index (χ2n) is 4.72. The third-order valence-corrected chi connectivity index (χ3v) is 3.02. The Morgan fingerprint density at radius 2 is 2.20 bits per heavy atom. The van der Waals surface area contributed by atoms with E-state index in [0.717, 1.165) is 5.69 Å². The Bertz CT molecular complexity index is 344. The molecule has 1 atom stereocenters. The van der Waals surface area contributed by atoms with Gasteiger partial charge in [-0.05, 0) is 42.5 Å². The van der Waals surface area contributed by atoms with Gasteiger partial charge < -0.3 is 11.1 Å². The van der Waals surface area contributed by atoms with Crippen LogP contribution in [-0.2, 0) is 6.42 Å². The first-order valence-corrected chi connectivity index (χ1v) is 5.81. The highest BCUT2D eigenvalue weighted by atomic mass is 14.9. The molecule has 1 aromatic carbocycles. The minimum Gasteiger partial charge on any atom is -0.399 e. The van der Waals surface area contributed by atoms with E-state index >= 15 is 0 Å². The van der Waals surface area contributed by atoms with Gasteiger partial charge in [0, 0.05) is 17.8 Å². The fourth-order valence-corrected chi connectivity index (χ4v) is 2.39. The van der Waals surface area contributed by atoms with E-state index in [1.54, 1.807) is 0 Å². The van der Waals surface area contributed by atoms with E-state index in [-0.39, 0.29) is 0 Å². The average Bonchev–Trinajstić information content (AvgIpc) is 2.18. The second-order valence-corrected chi connectivity index (χ2v) is 4.72. The number of benzene rings is 1. The van der Waals surface area contributed by atoms with E-state index in [0.29, 0.717) is 12.1 Å². The lowest BCUT2D eigenvalue weighted by Crippen LogP contribution is -2.30. The van der Waals surface area contributed by atoms with Crippen molar-refractivity contribution in [2.75, 3.05) is 5.73 Å². The molecule has 2 heteroatoms. The van der Waals surface area contributed by atoms with Crippen molar-refractivity contribution in [1.82, 2.24) is 5.32 Å². The first kappa shape index (κ1) is 10.5. The molecule has 0 radical (unpaired) electrons. The molecule has 1 unspecified atom stereocenters. The summed E-state index contributed by atoms with van der Waals surface area (Å²) in [6.45, 7) is 4.39. The zero-order valence-corrected chi connectivity index (χ0v) is 9.59. The molecule has 1 aromatic rings. The van der Waals surface area contributed by atoms with Gasteiger partial charge in [0.2, 0.25) is 0 Å². The van der Waals surface area contributed by atoms with E-state index < -0.39 is 0 Å². The van der Waals surface area contributed by atoms with Crippen LogP contribution in [-0.4, -0.2) is 6.04 Å². The molecule has 0 aromatic heterocycles. The monoisotopic (exact) mass is 204 g/mol. The number of nitrogens with one attached hydrogen (secondary N) is 1. The molecule has 2 nitrogen and oxygen atoms in total. The van der Waals surface area contributed by atoms with Gasteiger partial charge in [0.05, 0.1) is 0 Å². The van der Waals surface area contributed by atoms with Crippen LogP contribution < -0.4 is 11.1 Å². The highest BCUT2D eigenvalue weighted by Crippen LogP contribution is 2.31. The molecule has 0 aliphatic heterocycles. The van der Waals surface area contributed by atoms with Crippen molar-refractivity contribution in [2.24, 2.45) is 0 Å². The number of fused-ring (bicyclic) bond motifs is 1. The van der Waals surface area contributed by atoms with Crippen molar-refractivity contribution in [3.05, 3.63) is 29.3 Å². The van der Waals surface area contributed by atoms with Gasteiger partial charge in [-0.25, -0.2) is 0 Å². The fraction of sp³-hybridized carbons (Fsp3) is 0.538. The molecule has 0 heterocycles. The maximum absolute atomic E-state index is 5.85. The zero-order chi connectivity index (χ0) is 10.8. The normalized spacial score (nSPS) is 20.3. The summed E-state index contributed by atoms with van der Waals surface area (Å²) in [6, 6.07) is 7.35. The molecule has 0 fully saturated rings. The van der Waals surface area contributed by atoms with E-state index in [9.17, 15) is 0 Å². The standard InChI is InChI=1S/C13H20N2/c1-9(2)15-13-5-3-4-10-6-7-11(14)8-12(10)13/h6-9,13,15H,3-5,14H2,1-2H3. The number of anilines is 1. The summed E-state index contributed by atoms with van der Waals surface area (Å²) in [5.41, 5.74) is 9.61. The van der Waals surface area contributed by atoms with E-state index in [1.165, 1.54) is 30.4 Å². The van der Waals surface area contributed by atoms with Crippen LogP contribution in [0.25, 0.3) is 0 Å². The molecule has 2 rings (SSSR count). The van der Waals surface area contributed by atoms with Gasteiger partial charge in [-0.3, -0.25) is 0 Å². The van der Waals surface area contributed by atoms with Crippen LogP contribution in [0.4, 0.5) is 5.69 Å². The minimum atomic E-state index is 0.497. The molecule has 1 aliphatic rings. The van der Waals surface area contributed by atoms with Crippen molar-refractivity contribution in [2.45, 2.75) is 45.2 Å². The lowest BCUT2D eigenvalue weighted by atomic mass is 9.87. The number of nitrogens with two attached hydrogens (primary N) is 1. The third kappa shape index (κ3) is 2.32. The molecule has 0 amide bonds. The minimum absolute atomic E-state index is 0.497. The Labute approximate surface area is 91.9 Å². The summed E-state index contributed by atoms with van der Waals surface area (Å²) in [4.78, 5) is 0. The Morgan fingerprint density at radius 3 is 2.93 bits per heavy atom. The van der Waals surface area contributed by atoms with Crippen LogP contribution in [0.5, 0.6) is 0 Å². The average molecular weight is 204 g/mol. The van der Waals surface area contributed by atoms with E-state index in [2.05, 4.69) is 31.3 Å². The van der Waals surface area contributed by atoms with Gasteiger partial charge in [0.15, 0.2) is 0 Å². The van der Waals surface area contributed by atoms with E-state index in [1.807, 2.05) is 6.07 Å². The molecular weight excluding hydrogens is 184 g/mol. The smallest absolute Gasteiger partial charge is 0.0326 e. The van der Waals surface area contributed by atoms with Crippen molar-refractivity contribution < 1.29 is 0 Å². The number of rotatable bonds is 2. The molecule has 15 heavy (non-hydrogen) atoms. The van der Waals surface area contributed by atoms with Crippen LogP contribution in [0, 0.1) is 0 Å². The van der Waals surface area contributed by atoms with Gasteiger partial charge in [-0.15, -0.1) is 0 Å². The number of nitrogen functional groups attached to an aromatic ring is 1. The fourth-order valence-electron chi connectivity index (χ4n) is 2.39. The Balaban J connectivity index is 2.28. The maximum Gasteiger partial charge on any atom is 0.0326 e. The Kier molecular flexibility index (Phi) is 2.96. The molecule has 1 aliphatic carbocycles. The lowest BCUT2D eigenvalue weighted by molar-refractivity contribution is 0.423. The molecule has 0 saturated carbocycles. The second kappa shape index (κ2) is 4.23. The molecule has 0 bridgehead atoms. The number of aryl methyl sites for hydroxylation is 1. The summed E-state index contributed by atoms with van der Waals surface area (Å²) >= 11 is 0. The SMILES string of the molecule is CC(C)NC1CCCc2ccc(N)cc21. The summed E-state index contributed by atoms with van der Waals surface area (Å²) < 4.78 is 0. The maximum atomic E-state index is 5.85. The van der Waals surface area contributed by atoms with Gasteiger partial charge in [0.1, 0.15) is 0 Å². The van der Waals surface area contributed by atoms with Crippen LogP contribution in [0.1, 0.15) is 43.9 Å². The topological polar surface area (TPSA) is 38.0 Å². The van der Waals surface area contributed by atoms with Crippen LogP contribution in [0.2, 0.25) is 0 Å². The Hall–Kier alpha value is -1.02. The largest absolute Gasteiger partial charge is 0.399 e. The summed E-state index contributed by atoms with van der Waals surface area (Å²) in [5, 5.41) is 3.61. The highest BCUT2D eigenvalue weighted by molar-refractivity contribution is 5.46. The van der Waals surface area contributed by atoms with E-state index in [4.69, 9.17) is 5.73 Å². The van der Waals surface area contributed by atoms with Crippen molar-refractivity contribution in [3.63, 3.8) is 0 Å². The molecular formula is C13H20N2. The molecule has 82 valence electrons. The predicted molar refractivity (Wildman–Crippen MR) is 64.8 cm³/mol. The van der Waals surface area contributed by atoms with Crippen molar-refractivity contribution in [1.29, 1.82) is 0 Å². The van der Waals surface area contributed by atoms with Gasteiger partial charge >= 0.3 is 0 Å². The molecule has 0 spiro atoms. The summed E-state index contributed by atoms with van der Waals surface area (Å²) in [5.74, 6) is 0. The third-order valence-electron chi connectivity index (χ3n) is 3.02. The van der Waals surface area contributed by atoms with Gasteiger partial charge in [-0.1, -0.05) is 19.9 Å². The predicted octanol–water partition coefficient (Wildman–Crippen LogP) is 2.64. The van der Waals surface area contributed by atoms with Crippen LogP contribution in [0.15, 0.2) is 18.2 Å². The lowest BCUT2D eigenvalue weighted by Gasteiger charge is -2.28. The van der Waals surface area contributed by atoms with Crippen LogP contribution in [0.3, 0.4) is 0 Å². The summed E-state index contributed by atoms with van der Waals surface area (Å²) in [7, 11) is 0. The number of hydrogen-bond acceptors (Lipinski definition) is 2. The highest BCUT2D eigenvalue weighted by Gasteiger charge is 2.20. The first-order chi connectivity index (χ1) is 7.16. The first-order valence-electron chi connectivity index (χ1n) is 5.81. The van der Waals surface area contributed by atoms with Gasteiger partial charge in [-0.2, -0.15) is 0 Å².